The standard InChI is InChI=1S/C52H74O12/c1-8-57-41(4)61-49-21-13-45(14-22-49)11-9-39(2)47-17-25-51(26-18-47)63-43(6)59-37-34-55-31-32-56-35-38-60-44(7)64-52-27-19-48(20-28-52)40(3)10-12-46-15-23-50(24-16-46)62-42(5)58-36-33-54-30-29-53/h13-28,39-44,53H,8-12,29-38H2,1-7H3. The molecule has 354 valence electrons. The van der Waals surface area contributed by atoms with Crippen LogP contribution in [-0.2, 0) is 46.0 Å². The van der Waals surface area contributed by atoms with Gasteiger partial charge in [-0.2, -0.15) is 0 Å². The average Bonchev–Trinajstić information content (AvgIpc) is 3.29. The molecule has 0 spiro atoms. The predicted octanol–water partition coefficient (Wildman–Crippen LogP) is 9.89. The third-order valence-corrected chi connectivity index (χ3v) is 10.4. The van der Waals surface area contributed by atoms with Crippen LogP contribution in [0.15, 0.2) is 97.1 Å². The lowest BCUT2D eigenvalue weighted by Gasteiger charge is -2.17. The minimum Gasteiger partial charge on any atom is -0.465 e. The molecule has 12 heteroatoms. The normalized spacial score (nSPS) is 14.3. The zero-order valence-electron chi connectivity index (χ0n) is 39.2. The van der Waals surface area contributed by atoms with Gasteiger partial charge in [0.2, 0.25) is 0 Å². The van der Waals surface area contributed by atoms with Gasteiger partial charge in [0, 0.05) is 6.61 Å². The first-order chi connectivity index (χ1) is 31.1. The quantitative estimate of drug-likeness (QED) is 0.0350. The molecule has 4 rings (SSSR count). The highest BCUT2D eigenvalue weighted by atomic mass is 16.7. The van der Waals surface area contributed by atoms with Crippen LogP contribution in [0.4, 0.5) is 0 Å². The Morgan fingerprint density at radius 2 is 0.672 bits per heavy atom. The molecule has 0 radical (unpaired) electrons. The van der Waals surface area contributed by atoms with Crippen molar-refractivity contribution in [3.8, 4) is 23.0 Å². The Labute approximate surface area is 382 Å². The minimum absolute atomic E-state index is 0.00585. The first kappa shape index (κ1) is 52.4. The van der Waals surface area contributed by atoms with E-state index in [2.05, 4.69) is 62.4 Å². The smallest absolute Gasteiger partial charge is 0.197 e. The van der Waals surface area contributed by atoms with Crippen LogP contribution in [-0.4, -0.2) is 103 Å². The van der Waals surface area contributed by atoms with Crippen molar-refractivity contribution in [2.45, 2.75) is 111 Å². The number of benzene rings is 4. The summed E-state index contributed by atoms with van der Waals surface area (Å²) in [6, 6.07) is 32.9. The van der Waals surface area contributed by atoms with Crippen LogP contribution < -0.4 is 18.9 Å². The summed E-state index contributed by atoms with van der Waals surface area (Å²) in [5.41, 5.74) is 5.08. The van der Waals surface area contributed by atoms with Gasteiger partial charge < -0.3 is 57.2 Å². The highest BCUT2D eigenvalue weighted by Gasteiger charge is 2.12. The molecule has 0 aliphatic carbocycles. The van der Waals surface area contributed by atoms with Crippen LogP contribution in [0.2, 0.25) is 0 Å². The molecule has 0 aromatic heterocycles. The second-order valence-electron chi connectivity index (χ2n) is 15.7. The maximum atomic E-state index is 8.76. The van der Waals surface area contributed by atoms with Crippen molar-refractivity contribution in [3.63, 3.8) is 0 Å². The summed E-state index contributed by atoms with van der Waals surface area (Å²) in [5.74, 6) is 3.92. The van der Waals surface area contributed by atoms with E-state index in [-0.39, 0.29) is 19.2 Å². The number of aryl methyl sites for hydroxylation is 2. The molecule has 6 unspecified atom stereocenters. The van der Waals surface area contributed by atoms with Crippen LogP contribution in [0.1, 0.15) is 95.4 Å². The molecule has 0 fully saturated rings. The second kappa shape index (κ2) is 30.8. The highest BCUT2D eigenvalue weighted by molar-refractivity contribution is 5.32. The van der Waals surface area contributed by atoms with E-state index in [0.29, 0.717) is 77.9 Å². The Kier molecular flexibility index (Phi) is 25.2. The molecular formula is C52H74O12. The van der Waals surface area contributed by atoms with E-state index >= 15 is 0 Å². The van der Waals surface area contributed by atoms with Crippen molar-refractivity contribution in [1.29, 1.82) is 0 Å². The molecule has 64 heavy (non-hydrogen) atoms. The van der Waals surface area contributed by atoms with Gasteiger partial charge >= 0.3 is 0 Å². The largest absolute Gasteiger partial charge is 0.465 e. The van der Waals surface area contributed by atoms with Crippen molar-refractivity contribution in [3.05, 3.63) is 119 Å². The Morgan fingerprint density at radius 1 is 0.375 bits per heavy atom. The van der Waals surface area contributed by atoms with Crippen molar-refractivity contribution >= 4 is 0 Å². The number of aliphatic hydroxyl groups is 1. The van der Waals surface area contributed by atoms with Crippen molar-refractivity contribution in [1.82, 2.24) is 0 Å². The SMILES string of the molecule is CCOC(C)Oc1ccc(CCC(C)c2ccc(OC(C)OCCOCCOCCOC(C)Oc3ccc(C(C)CCc4ccc(OC(C)OCCOCCO)cc4)cc3)cc2)cc1. The molecule has 0 amide bonds. The average molecular weight is 891 g/mol. The topological polar surface area (TPSA) is 122 Å². The monoisotopic (exact) mass is 891 g/mol. The number of hydrogen-bond acceptors (Lipinski definition) is 12. The lowest BCUT2D eigenvalue weighted by molar-refractivity contribution is -0.0943. The van der Waals surface area contributed by atoms with Gasteiger partial charge in [0.05, 0.1) is 66.1 Å². The maximum Gasteiger partial charge on any atom is 0.197 e. The molecule has 0 aliphatic rings. The molecule has 4 aromatic carbocycles. The second-order valence-corrected chi connectivity index (χ2v) is 15.7. The summed E-state index contributed by atoms with van der Waals surface area (Å²) in [5, 5.41) is 8.76. The molecular weight excluding hydrogens is 817 g/mol. The molecule has 12 nitrogen and oxygen atoms in total. The Morgan fingerprint density at radius 3 is 1.00 bits per heavy atom. The van der Waals surface area contributed by atoms with Gasteiger partial charge in [-0.3, -0.25) is 0 Å². The maximum absolute atomic E-state index is 8.76. The molecule has 0 aliphatic heterocycles. The van der Waals surface area contributed by atoms with Crippen LogP contribution in [0.5, 0.6) is 23.0 Å². The Balaban J connectivity index is 0.974. The van der Waals surface area contributed by atoms with E-state index in [1.165, 1.54) is 22.3 Å². The molecule has 1 N–H and O–H groups in total. The summed E-state index contributed by atoms with van der Waals surface area (Å²) < 4.78 is 62.7. The van der Waals surface area contributed by atoms with Gasteiger partial charge in [0.25, 0.3) is 0 Å². The van der Waals surface area contributed by atoms with Crippen molar-refractivity contribution in [2.24, 2.45) is 0 Å². The lowest BCUT2D eigenvalue weighted by Crippen LogP contribution is -2.20. The highest BCUT2D eigenvalue weighted by Crippen LogP contribution is 2.27. The number of rotatable bonds is 35. The zero-order chi connectivity index (χ0) is 45.8. The van der Waals surface area contributed by atoms with Crippen LogP contribution in [0, 0.1) is 0 Å². The minimum atomic E-state index is -0.408. The lowest BCUT2D eigenvalue weighted by atomic mass is 9.94. The van der Waals surface area contributed by atoms with Gasteiger partial charge in [0.1, 0.15) is 23.0 Å². The number of hydrogen-bond donors (Lipinski definition) is 1. The van der Waals surface area contributed by atoms with Crippen molar-refractivity contribution in [2.75, 3.05) is 72.7 Å². The Hall–Kier alpha value is -4.24. The zero-order valence-corrected chi connectivity index (χ0v) is 39.2. The van der Waals surface area contributed by atoms with Crippen LogP contribution >= 0.6 is 0 Å². The van der Waals surface area contributed by atoms with Crippen LogP contribution in [0.25, 0.3) is 0 Å². The van der Waals surface area contributed by atoms with E-state index in [4.69, 9.17) is 57.2 Å². The summed E-state index contributed by atoms with van der Waals surface area (Å²) in [4.78, 5) is 0. The van der Waals surface area contributed by atoms with E-state index in [1.54, 1.807) is 0 Å². The van der Waals surface area contributed by atoms with Gasteiger partial charge in [0.15, 0.2) is 25.2 Å². The molecule has 4 aromatic rings. The summed E-state index contributed by atoms with van der Waals surface area (Å²) in [6.07, 6.45) is 2.55. The number of ether oxygens (including phenoxy) is 11. The third kappa shape index (κ3) is 21.6. The molecule has 0 saturated heterocycles. The fourth-order valence-corrected chi connectivity index (χ4v) is 6.76. The van der Waals surface area contributed by atoms with Gasteiger partial charge in [-0.25, -0.2) is 0 Å². The summed E-state index contributed by atoms with van der Waals surface area (Å²) in [7, 11) is 0. The first-order valence-corrected chi connectivity index (χ1v) is 23.0. The molecule has 0 saturated carbocycles. The summed E-state index contributed by atoms with van der Waals surface area (Å²) in [6.45, 7) is 18.4. The van der Waals surface area contributed by atoms with Crippen molar-refractivity contribution < 1.29 is 57.2 Å². The predicted molar refractivity (Wildman–Crippen MR) is 249 cm³/mol. The molecule has 0 bridgehead atoms. The first-order valence-electron chi connectivity index (χ1n) is 23.0. The fraction of sp³-hybridized carbons (Fsp3) is 0.538. The number of aliphatic hydroxyl groups excluding tert-OH is 1. The summed E-state index contributed by atoms with van der Waals surface area (Å²) >= 11 is 0. The van der Waals surface area contributed by atoms with E-state index in [0.717, 1.165) is 48.7 Å². The van der Waals surface area contributed by atoms with E-state index in [1.807, 2.05) is 83.1 Å². The van der Waals surface area contributed by atoms with Gasteiger partial charge in [-0.05, 0) is 143 Å². The van der Waals surface area contributed by atoms with Gasteiger partial charge in [-0.1, -0.05) is 62.4 Å². The molecule has 6 atom stereocenters. The molecule has 0 heterocycles. The third-order valence-electron chi connectivity index (χ3n) is 10.4. The Bertz CT molecular complexity index is 1750. The fourth-order valence-electron chi connectivity index (χ4n) is 6.76. The van der Waals surface area contributed by atoms with E-state index < -0.39 is 12.6 Å². The van der Waals surface area contributed by atoms with E-state index in [9.17, 15) is 0 Å². The van der Waals surface area contributed by atoms with Crippen LogP contribution in [0.3, 0.4) is 0 Å². The van der Waals surface area contributed by atoms with Gasteiger partial charge in [-0.15, -0.1) is 0 Å².